The number of aryl methyl sites for hydroxylation is 1. The molecule has 0 radical (unpaired) electrons. The van der Waals surface area contributed by atoms with Gasteiger partial charge >= 0.3 is 5.97 Å². The third kappa shape index (κ3) is 2.60. The summed E-state index contributed by atoms with van der Waals surface area (Å²) in [6.45, 7) is 1.96. The quantitative estimate of drug-likeness (QED) is 0.641. The Kier molecular flexibility index (Phi) is 3.19. The van der Waals surface area contributed by atoms with E-state index in [9.17, 15) is 4.79 Å². The van der Waals surface area contributed by atoms with Crippen LogP contribution in [0.5, 0.6) is 0 Å². The van der Waals surface area contributed by atoms with E-state index in [0.717, 1.165) is 17.2 Å². The number of benzene rings is 1. The second-order valence-corrected chi connectivity index (χ2v) is 3.96. The van der Waals surface area contributed by atoms with Crippen molar-refractivity contribution in [3.63, 3.8) is 0 Å². The number of rotatable bonds is 3. The van der Waals surface area contributed by atoms with E-state index in [0.29, 0.717) is 17.2 Å². The van der Waals surface area contributed by atoms with E-state index in [1.54, 1.807) is 12.1 Å². The molecule has 4 heteroatoms. The van der Waals surface area contributed by atoms with E-state index in [4.69, 9.17) is 15.3 Å². The van der Waals surface area contributed by atoms with Gasteiger partial charge in [0.05, 0.1) is 0 Å². The molecule has 92 valence electrons. The van der Waals surface area contributed by atoms with Crippen LogP contribution in [0.2, 0.25) is 0 Å². The number of nitrogens with two attached hydrogens (primary N) is 1. The van der Waals surface area contributed by atoms with Crippen LogP contribution in [0.25, 0.3) is 17.4 Å². The number of anilines is 1. The highest BCUT2D eigenvalue weighted by atomic mass is 16.4. The summed E-state index contributed by atoms with van der Waals surface area (Å²) in [6, 6.07) is 9.16. The fourth-order valence-corrected chi connectivity index (χ4v) is 1.65. The normalized spacial score (nSPS) is 10.9. The largest absolute Gasteiger partial charge is 0.478 e. The van der Waals surface area contributed by atoms with Crippen LogP contribution in [0, 0.1) is 6.92 Å². The molecule has 1 heterocycles. The molecule has 0 aliphatic heterocycles. The number of carbonyl (C=O) groups is 1. The number of aliphatic carboxylic acids is 1. The minimum absolute atomic E-state index is 0.479. The smallest absolute Gasteiger partial charge is 0.328 e. The van der Waals surface area contributed by atoms with Gasteiger partial charge in [0, 0.05) is 17.3 Å². The molecule has 1 aromatic carbocycles. The molecule has 0 saturated carbocycles. The fourth-order valence-electron chi connectivity index (χ4n) is 1.65. The van der Waals surface area contributed by atoms with E-state index in [1.807, 2.05) is 25.1 Å². The molecule has 0 bridgehead atoms. The van der Waals surface area contributed by atoms with E-state index in [2.05, 4.69) is 0 Å². The minimum atomic E-state index is -1.01. The van der Waals surface area contributed by atoms with Crippen molar-refractivity contribution in [3.05, 3.63) is 47.7 Å². The van der Waals surface area contributed by atoms with Crippen molar-refractivity contribution in [2.24, 2.45) is 0 Å². The maximum absolute atomic E-state index is 10.4. The molecular weight excluding hydrogens is 230 g/mol. The second kappa shape index (κ2) is 4.79. The van der Waals surface area contributed by atoms with Gasteiger partial charge in [-0.25, -0.2) is 4.79 Å². The van der Waals surface area contributed by atoms with Gasteiger partial charge in [0.2, 0.25) is 0 Å². The average Bonchev–Trinajstić information content (AvgIpc) is 2.75. The molecule has 0 saturated heterocycles. The molecule has 3 N–H and O–H groups in total. The van der Waals surface area contributed by atoms with Gasteiger partial charge in [-0.15, -0.1) is 0 Å². The Balaban J connectivity index is 2.32. The van der Waals surface area contributed by atoms with Gasteiger partial charge in [-0.2, -0.15) is 0 Å². The fraction of sp³-hybridized carbons (Fsp3) is 0.0714. The van der Waals surface area contributed by atoms with Crippen LogP contribution in [-0.4, -0.2) is 11.1 Å². The molecule has 0 fully saturated rings. The first-order valence-electron chi connectivity index (χ1n) is 5.43. The SMILES string of the molecule is Cc1ccc(-c2ccc(/C=C/C(=O)O)o2)c(N)c1. The summed E-state index contributed by atoms with van der Waals surface area (Å²) in [7, 11) is 0. The topological polar surface area (TPSA) is 76.5 Å². The Labute approximate surface area is 104 Å². The van der Waals surface area contributed by atoms with Crippen LogP contribution in [0.3, 0.4) is 0 Å². The third-order valence-electron chi connectivity index (χ3n) is 2.49. The number of furan rings is 1. The van der Waals surface area contributed by atoms with Crippen molar-refractivity contribution in [3.8, 4) is 11.3 Å². The standard InChI is InChI=1S/C14H13NO3/c1-9-2-5-11(12(15)8-9)13-6-3-10(18-13)4-7-14(16)17/h2-8H,15H2,1H3,(H,16,17)/b7-4+. The molecule has 0 amide bonds. The second-order valence-electron chi connectivity index (χ2n) is 3.96. The lowest BCUT2D eigenvalue weighted by molar-refractivity contribution is -0.131. The van der Waals surface area contributed by atoms with Gasteiger partial charge in [0.15, 0.2) is 0 Å². The number of carboxylic acid groups (broad SMARTS) is 1. The number of nitrogen functional groups attached to an aromatic ring is 1. The Hall–Kier alpha value is -2.49. The van der Waals surface area contributed by atoms with E-state index >= 15 is 0 Å². The predicted octanol–water partition coefficient (Wildman–Crippen LogP) is 2.94. The van der Waals surface area contributed by atoms with Gasteiger partial charge in [-0.05, 0) is 42.8 Å². The maximum Gasteiger partial charge on any atom is 0.328 e. The maximum atomic E-state index is 10.4. The van der Waals surface area contributed by atoms with Gasteiger partial charge < -0.3 is 15.3 Å². The molecule has 18 heavy (non-hydrogen) atoms. The van der Waals surface area contributed by atoms with Crippen LogP contribution in [0.4, 0.5) is 5.69 Å². The van der Waals surface area contributed by atoms with Gasteiger partial charge in [0.1, 0.15) is 11.5 Å². The van der Waals surface area contributed by atoms with Gasteiger partial charge in [-0.3, -0.25) is 0 Å². The molecule has 0 atom stereocenters. The molecule has 2 aromatic rings. The zero-order valence-corrected chi connectivity index (χ0v) is 9.88. The molecule has 4 nitrogen and oxygen atoms in total. The molecule has 0 spiro atoms. The van der Waals surface area contributed by atoms with Crippen LogP contribution < -0.4 is 5.73 Å². The molecule has 1 aromatic heterocycles. The number of hydrogen-bond donors (Lipinski definition) is 2. The van der Waals surface area contributed by atoms with Crippen molar-refractivity contribution in [2.45, 2.75) is 6.92 Å². The van der Waals surface area contributed by atoms with Crippen molar-refractivity contribution < 1.29 is 14.3 Å². The summed E-state index contributed by atoms with van der Waals surface area (Å²) < 4.78 is 5.51. The van der Waals surface area contributed by atoms with Crippen LogP contribution in [0.1, 0.15) is 11.3 Å². The average molecular weight is 243 g/mol. The molecule has 2 rings (SSSR count). The van der Waals surface area contributed by atoms with Gasteiger partial charge in [-0.1, -0.05) is 6.07 Å². The summed E-state index contributed by atoms with van der Waals surface area (Å²) in [5.74, 6) is 0.0905. The Morgan fingerprint density at radius 1 is 1.33 bits per heavy atom. The molecule has 0 unspecified atom stereocenters. The monoisotopic (exact) mass is 243 g/mol. The van der Waals surface area contributed by atoms with E-state index in [1.165, 1.54) is 6.08 Å². The van der Waals surface area contributed by atoms with E-state index in [-0.39, 0.29) is 0 Å². The van der Waals surface area contributed by atoms with Crippen LogP contribution in [-0.2, 0) is 4.79 Å². The van der Waals surface area contributed by atoms with E-state index < -0.39 is 5.97 Å². The van der Waals surface area contributed by atoms with Crippen LogP contribution in [0.15, 0.2) is 40.8 Å². The predicted molar refractivity (Wildman–Crippen MR) is 70.0 cm³/mol. The molecular formula is C14H13NO3. The summed E-state index contributed by atoms with van der Waals surface area (Å²) >= 11 is 0. The summed E-state index contributed by atoms with van der Waals surface area (Å²) in [5, 5.41) is 8.52. The first-order valence-corrected chi connectivity index (χ1v) is 5.43. The number of carboxylic acids is 1. The summed E-state index contributed by atoms with van der Waals surface area (Å²) in [5.41, 5.74) is 8.43. The summed E-state index contributed by atoms with van der Waals surface area (Å²) in [6.07, 6.45) is 2.43. The van der Waals surface area contributed by atoms with Crippen molar-refractivity contribution in [1.82, 2.24) is 0 Å². The first kappa shape index (κ1) is 12.0. The third-order valence-corrected chi connectivity index (χ3v) is 2.49. The highest BCUT2D eigenvalue weighted by molar-refractivity contribution is 5.85. The Morgan fingerprint density at radius 2 is 2.11 bits per heavy atom. The van der Waals surface area contributed by atoms with Crippen molar-refractivity contribution in [2.75, 3.05) is 5.73 Å². The zero-order chi connectivity index (χ0) is 13.1. The highest BCUT2D eigenvalue weighted by Gasteiger charge is 2.07. The zero-order valence-electron chi connectivity index (χ0n) is 9.88. The lowest BCUT2D eigenvalue weighted by Gasteiger charge is -2.03. The minimum Gasteiger partial charge on any atom is -0.478 e. The molecule has 0 aliphatic carbocycles. The lowest BCUT2D eigenvalue weighted by atomic mass is 10.1. The van der Waals surface area contributed by atoms with Gasteiger partial charge in [0.25, 0.3) is 0 Å². The lowest BCUT2D eigenvalue weighted by Crippen LogP contribution is -1.89. The highest BCUT2D eigenvalue weighted by Crippen LogP contribution is 2.28. The first-order chi connectivity index (χ1) is 8.56. The Morgan fingerprint density at radius 3 is 2.78 bits per heavy atom. The van der Waals surface area contributed by atoms with Crippen LogP contribution >= 0.6 is 0 Å². The summed E-state index contributed by atoms with van der Waals surface area (Å²) in [4.78, 5) is 10.4. The van der Waals surface area contributed by atoms with Crippen molar-refractivity contribution in [1.29, 1.82) is 0 Å². The Bertz CT molecular complexity index is 611. The molecule has 0 aliphatic rings. The number of hydrogen-bond acceptors (Lipinski definition) is 3. The van der Waals surface area contributed by atoms with Crippen molar-refractivity contribution >= 4 is 17.7 Å².